The van der Waals surface area contributed by atoms with Crippen molar-refractivity contribution in [2.24, 2.45) is 0 Å². The fraction of sp³-hybridized carbons (Fsp3) is 0.250. The molecule has 0 aliphatic rings. The van der Waals surface area contributed by atoms with Gasteiger partial charge in [0.25, 0.3) is 0 Å². The van der Waals surface area contributed by atoms with Gasteiger partial charge in [-0.3, -0.25) is 5.10 Å². The molecule has 0 bridgehead atoms. The molecule has 0 aliphatic carbocycles. The molecule has 2 rings (SSSR count). The van der Waals surface area contributed by atoms with Crippen molar-refractivity contribution in [3.05, 3.63) is 24.4 Å². The van der Waals surface area contributed by atoms with Crippen molar-refractivity contribution < 1.29 is 0 Å². The summed E-state index contributed by atoms with van der Waals surface area (Å²) in [5, 5.41) is 9.66. The molecule has 1 atom stereocenters. The Morgan fingerprint density at radius 2 is 2.33 bits per heavy atom. The van der Waals surface area contributed by atoms with E-state index in [0.717, 1.165) is 5.82 Å². The predicted octanol–water partition coefficient (Wildman–Crippen LogP) is 0.350. The van der Waals surface area contributed by atoms with Gasteiger partial charge in [-0.1, -0.05) is 0 Å². The maximum absolute atomic E-state index is 5.45. The first-order valence-corrected chi connectivity index (χ1v) is 4.46. The van der Waals surface area contributed by atoms with Crippen LogP contribution in [0.3, 0.4) is 0 Å². The minimum atomic E-state index is -0.0122. The van der Waals surface area contributed by atoms with Crippen molar-refractivity contribution in [3.63, 3.8) is 0 Å². The lowest BCUT2D eigenvalue weighted by Gasteiger charge is -2.11. The minimum Gasteiger partial charge on any atom is -0.368 e. The summed E-state index contributed by atoms with van der Waals surface area (Å²) in [6.07, 6.45) is 3.06. The van der Waals surface area contributed by atoms with E-state index < -0.39 is 0 Å². The normalized spacial score (nSPS) is 12.3. The first-order chi connectivity index (χ1) is 7.25. The van der Waals surface area contributed by atoms with Crippen LogP contribution in [0.15, 0.2) is 18.6 Å². The van der Waals surface area contributed by atoms with Gasteiger partial charge in [0.2, 0.25) is 5.95 Å². The predicted molar refractivity (Wildman–Crippen MR) is 54.9 cm³/mol. The topological polar surface area (TPSA) is 105 Å². The number of hydrogen-bond donors (Lipinski definition) is 3. The van der Waals surface area contributed by atoms with Crippen LogP contribution in [0.2, 0.25) is 0 Å². The Labute approximate surface area is 86.2 Å². The van der Waals surface area contributed by atoms with Crippen molar-refractivity contribution in [2.75, 3.05) is 11.1 Å². The van der Waals surface area contributed by atoms with Gasteiger partial charge in [0.15, 0.2) is 0 Å². The van der Waals surface area contributed by atoms with Crippen molar-refractivity contribution >= 4 is 11.8 Å². The second-order valence-electron chi connectivity index (χ2n) is 3.04. The van der Waals surface area contributed by atoms with Crippen LogP contribution in [0.1, 0.15) is 18.8 Å². The molecule has 7 heteroatoms. The quantitative estimate of drug-likeness (QED) is 0.667. The van der Waals surface area contributed by atoms with Gasteiger partial charge in [-0.25, -0.2) is 9.97 Å². The fourth-order valence-electron chi connectivity index (χ4n) is 1.17. The van der Waals surface area contributed by atoms with Crippen LogP contribution in [0.5, 0.6) is 0 Å². The van der Waals surface area contributed by atoms with E-state index in [1.807, 2.05) is 6.92 Å². The third-order valence-electron chi connectivity index (χ3n) is 1.88. The number of aromatic nitrogens is 5. The van der Waals surface area contributed by atoms with E-state index in [-0.39, 0.29) is 12.0 Å². The number of H-pyrrole nitrogens is 1. The third kappa shape index (κ3) is 2.19. The highest BCUT2D eigenvalue weighted by Crippen LogP contribution is 2.13. The zero-order valence-corrected chi connectivity index (χ0v) is 8.18. The fourth-order valence-corrected chi connectivity index (χ4v) is 1.17. The summed E-state index contributed by atoms with van der Waals surface area (Å²) in [6, 6.07) is 1.73. The molecule has 0 saturated carbocycles. The molecule has 0 aromatic carbocycles. The summed E-state index contributed by atoms with van der Waals surface area (Å²) in [6.45, 7) is 1.94. The maximum Gasteiger partial charge on any atom is 0.221 e. The lowest BCUT2D eigenvalue weighted by Crippen LogP contribution is -2.10. The van der Waals surface area contributed by atoms with Crippen LogP contribution < -0.4 is 11.1 Å². The van der Waals surface area contributed by atoms with E-state index in [1.54, 1.807) is 12.3 Å². The van der Waals surface area contributed by atoms with Crippen LogP contribution in [0.4, 0.5) is 11.8 Å². The Hall–Kier alpha value is -2.18. The SMILES string of the molecule is CC(Nc1ccnc(N)n1)c1ncn[nH]1. The average molecular weight is 205 g/mol. The summed E-state index contributed by atoms with van der Waals surface area (Å²) in [5.74, 6) is 1.64. The second kappa shape index (κ2) is 3.91. The summed E-state index contributed by atoms with van der Waals surface area (Å²) in [7, 11) is 0. The maximum atomic E-state index is 5.45. The largest absolute Gasteiger partial charge is 0.368 e. The molecular weight excluding hydrogens is 194 g/mol. The molecule has 7 nitrogen and oxygen atoms in total. The van der Waals surface area contributed by atoms with Crippen molar-refractivity contribution in [2.45, 2.75) is 13.0 Å². The molecular formula is C8H11N7. The molecule has 2 heterocycles. The molecule has 0 spiro atoms. The van der Waals surface area contributed by atoms with Crippen molar-refractivity contribution in [1.82, 2.24) is 25.1 Å². The van der Waals surface area contributed by atoms with Gasteiger partial charge in [0, 0.05) is 6.20 Å². The van der Waals surface area contributed by atoms with Gasteiger partial charge in [-0.15, -0.1) is 0 Å². The summed E-state index contributed by atoms with van der Waals surface area (Å²) in [5.41, 5.74) is 5.45. The number of hydrogen-bond acceptors (Lipinski definition) is 6. The zero-order chi connectivity index (χ0) is 10.7. The average Bonchev–Trinajstić information content (AvgIpc) is 2.70. The van der Waals surface area contributed by atoms with Crippen LogP contribution in [0, 0.1) is 0 Å². The molecule has 1 unspecified atom stereocenters. The van der Waals surface area contributed by atoms with Crippen molar-refractivity contribution in [1.29, 1.82) is 0 Å². The molecule has 0 fully saturated rings. The van der Waals surface area contributed by atoms with E-state index in [2.05, 4.69) is 30.5 Å². The zero-order valence-electron chi connectivity index (χ0n) is 8.18. The van der Waals surface area contributed by atoms with E-state index in [4.69, 9.17) is 5.73 Å². The first kappa shape index (κ1) is 9.38. The van der Waals surface area contributed by atoms with E-state index in [1.165, 1.54) is 6.33 Å². The molecule has 78 valence electrons. The minimum absolute atomic E-state index is 0.0122. The standard InChI is InChI=1S/C8H11N7/c1-5(7-11-4-12-15-7)13-6-2-3-10-8(9)14-6/h2-5H,1H3,(H,11,12,15)(H3,9,10,13,14). The van der Waals surface area contributed by atoms with Gasteiger partial charge in [0.05, 0.1) is 6.04 Å². The van der Waals surface area contributed by atoms with Crippen LogP contribution in [-0.2, 0) is 0 Å². The Kier molecular flexibility index (Phi) is 2.44. The lowest BCUT2D eigenvalue weighted by atomic mass is 10.3. The molecule has 4 N–H and O–H groups in total. The highest BCUT2D eigenvalue weighted by molar-refractivity contribution is 5.38. The van der Waals surface area contributed by atoms with Gasteiger partial charge in [0.1, 0.15) is 18.0 Å². The smallest absolute Gasteiger partial charge is 0.221 e. The Bertz CT molecular complexity index is 424. The van der Waals surface area contributed by atoms with Gasteiger partial charge in [-0.2, -0.15) is 10.1 Å². The number of nitrogens with one attached hydrogen (secondary N) is 2. The Balaban J connectivity index is 2.09. The second-order valence-corrected chi connectivity index (χ2v) is 3.04. The Morgan fingerprint density at radius 3 is 3.00 bits per heavy atom. The van der Waals surface area contributed by atoms with E-state index in [0.29, 0.717) is 5.82 Å². The number of rotatable bonds is 3. The first-order valence-electron chi connectivity index (χ1n) is 4.46. The summed E-state index contributed by atoms with van der Waals surface area (Å²) >= 11 is 0. The number of nitrogens with two attached hydrogens (primary N) is 1. The molecule has 2 aromatic heterocycles. The van der Waals surface area contributed by atoms with Gasteiger partial charge < -0.3 is 11.1 Å². The molecule has 0 radical (unpaired) electrons. The van der Waals surface area contributed by atoms with Crippen molar-refractivity contribution in [3.8, 4) is 0 Å². The highest BCUT2D eigenvalue weighted by atomic mass is 15.2. The lowest BCUT2D eigenvalue weighted by molar-refractivity contribution is 0.789. The van der Waals surface area contributed by atoms with Gasteiger partial charge >= 0.3 is 0 Å². The number of nitrogen functional groups attached to an aromatic ring is 1. The highest BCUT2D eigenvalue weighted by Gasteiger charge is 2.08. The molecule has 0 saturated heterocycles. The molecule has 2 aromatic rings. The summed E-state index contributed by atoms with van der Waals surface area (Å²) in [4.78, 5) is 11.8. The molecule has 0 aliphatic heterocycles. The number of anilines is 2. The Morgan fingerprint density at radius 1 is 1.47 bits per heavy atom. The molecule has 15 heavy (non-hydrogen) atoms. The van der Waals surface area contributed by atoms with E-state index >= 15 is 0 Å². The van der Waals surface area contributed by atoms with E-state index in [9.17, 15) is 0 Å². The number of aromatic amines is 1. The monoisotopic (exact) mass is 205 g/mol. The third-order valence-corrected chi connectivity index (χ3v) is 1.88. The van der Waals surface area contributed by atoms with Crippen LogP contribution >= 0.6 is 0 Å². The number of nitrogens with zero attached hydrogens (tertiary/aromatic N) is 4. The molecule has 0 amide bonds. The van der Waals surface area contributed by atoms with Crippen LogP contribution in [0.25, 0.3) is 0 Å². The van der Waals surface area contributed by atoms with Gasteiger partial charge in [-0.05, 0) is 13.0 Å². The van der Waals surface area contributed by atoms with Crippen LogP contribution in [-0.4, -0.2) is 25.1 Å². The summed E-state index contributed by atoms with van der Waals surface area (Å²) < 4.78 is 0.